The maximum absolute atomic E-state index is 13.7. The minimum atomic E-state index is -0.218. The predicted octanol–water partition coefficient (Wildman–Crippen LogP) is 4.54. The van der Waals surface area contributed by atoms with E-state index in [2.05, 4.69) is 38.2 Å². The Morgan fingerprint density at radius 3 is 2.62 bits per heavy atom. The Balaban J connectivity index is 1.46. The molecule has 0 saturated heterocycles. The highest BCUT2D eigenvalue weighted by Crippen LogP contribution is 2.62. The van der Waals surface area contributed by atoms with E-state index < -0.39 is 0 Å². The van der Waals surface area contributed by atoms with Gasteiger partial charge in [-0.3, -0.25) is 14.3 Å². The summed E-state index contributed by atoms with van der Waals surface area (Å²) >= 11 is 0. The fraction of sp³-hybridized carbons (Fsp3) is 0.607. The number of fused-ring (bicyclic) bond motifs is 3. The van der Waals surface area contributed by atoms with E-state index in [4.69, 9.17) is 9.84 Å². The summed E-state index contributed by atoms with van der Waals surface area (Å²) in [5.41, 5.74) is 3.85. The van der Waals surface area contributed by atoms with Crippen molar-refractivity contribution in [3.8, 4) is 0 Å². The molecule has 3 aliphatic carbocycles. The summed E-state index contributed by atoms with van der Waals surface area (Å²) in [6, 6.07) is 10.3. The number of nitrogens with one attached hydrogen (secondary N) is 1. The van der Waals surface area contributed by atoms with Crippen molar-refractivity contribution in [1.29, 1.82) is 0 Å². The maximum Gasteiger partial charge on any atom is 0.309 e. The van der Waals surface area contributed by atoms with Crippen molar-refractivity contribution in [3.63, 3.8) is 0 Å². The molecule has 182 valence electrons. The molecule has 4 atom stereocenters. The van der Waals surface area contributed by atoms with Crippen LogP contribution in [-0.4, -0.2) is 34.3 Å². The van der Waals surface area contributed by atoms with Gasteiger partial charge in [-0.1, -0.05) is 51.1 Å². The molecule has 6 heteroatoms. The SMILES string of the molecule is CCOC(=O)C1CCc2c(c(C(=O)NC3C4(C)CCC(C4)C3(C)C)nn2Cc2ccccc2)C1. The lowest BCUT2D eigenvalue weighted by Gasteiger charge is -2.43. The first-order valence-electron chi connectivity index (χ1n) is 12.8. The zero-order chi connectivity index (χ0) is 24.1. The van der Waals surface area contributed by atoms with Crippen LogP contribution in [-0.2, 0) is 28.9 Å². The van der Waals surface area contributed by atoms with Gasteiger partial charge < -0.3 is 10.1 Å². The molecule has 1 aromatic heterocycles. The molecule has 6 nitrogen and oxygen atoms in total. The van der Waals surface area contributed by atoms with Crippen molar-refractivity contribution in [1.82, 2.24) is 15.1 Å². The number of esters is 1. The molecule has 0 aliphatic heterocycles. The molecule has 0 radical (unpaired) electrons. The topological polar surface area (TPSA) is 73.2 Å². The Labute approximate surface area is 202 Å². The van der Waals surface area contributed by atoms with Gasteiger partial charge >= 0.3 is 5.97 Å². The maximum atomic E-state index is 13.7. The predicted molar refractivity (Wildman–Crippen MR) is 130 cm³/mol. The molecular formula is C28H37N3O3. The van der Waals surface area contributed by atoms with Crippen LogP contribution in [0.15, 0.2) is 30.3 Å². The van der Waals surface area contributed by atoms with Gasteiger partial charge in [0.15, 0.2) is 5.69 Å². The first-order chi connectivity index (χ1) is 16.2. The number of amides is 1. The number of rotatable bonds is 6. The van der Waals surface area contributed by atoms with Gasteiger partial charge in [-0.05, 0) is 67.8 Å². The molecule has 2 bridgehead atoms. The standard InChI is InChI=1S/C28H37N3O3/c1-5-34-25(33)19-11-12-22-21(15-19)23(30-31(22)17-18-9-7-6-8-10-18)24(32)29-26-27(2,3)20-13-14-28(26,4)16-20/h6-10,19-20,26H,5,11-17H2,1-4H3,(H,29,32). The van der Waals surface area contributed by atoms with E-state index in [1.165, 1.54) is 12.8 Å². The third kappa shape index (κ3) is 3.85. The second kappa shape index (κ2) is 8.54. The highest BCUT2D eigenvalue weighted by Gasteiger charge is 2.59. The second-order valence-electron chi connectivity index (χ2n) is 11.4. The molecule has 1 amide bonds. The van der Waals surface area contributed by atoms with Crippen molar-refractivity contribution in [3.05, 3.63) is 52.8 Å². The normalized spacial score (nSPS) is 29.0. The van der Waals surface area contributed by atoms with Gasteiger partial charge in [-0.2, -0.15) is 5.10 Å². The van der Waals surface area contributed by atoms with Gasteiger partial charge in [0.1, 0.15) is 0 Å². The van der Waals surface area contributed by atoms with Gasteiger partial charge in [0.2, 0.25) is 0 Å². The Morgan fingerprint density at radius 2 is 1.94 bits per heavy atom. The van der Waals surface area contributed by atoms with Crippen LogP contribution in [0.5, 0.6) is 0 Å². The largest absolute Gasteiger partial charge is 0.466 e. The van der Waals surface area contributed by atoms with Crippen molar-refractivity contribution in [2.75, 3.05) is 6.61 Å². The Hall–Kier alpha value is -2.63. The smallest absolute Gasteiger partial charge is 0.309 e. The Bertz CT molecular complexity index is 1090. The zero-order valence-electron chi connectivity index (χ0n) is 20.9. The van der Waals surface area contributed by atoms with Crippen LogP contribution >= 0.6 is 0 Å². The van der Waals surface area contributed by atoms with Gasteiger partial charge in [0, 0.05) is 17.3 Å². The van der Waals surface area contributed by atoms with E-state index >= 15 is 0 Å². The fourth-order valence-electron chi connectivity index (χ4n) is 7.08. The Kier molecular flexibility index (Phi) is 5.81. The average Bonchev–Trinajstić information content (AvgIpc) is 3.44. The summed E-state index contributed by atoms with van der Waals surface area (Å²) in [6.45, 7) is 9.75. The van der Waals surface area contributed by atoms with Crippen molar-refractivity contribution in [2.24, 2.45) is 22.7 Å². The third-order valence-electron chi connectivity index (χ3n) is 8.90. The zero-order valence-corrected chi connectivity index (χ0v) is 20.9. The second-order valence-corrected chi connectivity index (χ2v) is 11.4. The van der Waals surface area contributed by atoms with Crippen LogP contribution in [0.4, 0.5) is 0 Å². The molecule has 5 rings (SSSR count). The molecule has 1 aromatic carbocycles. The summed E-state index contributed by atoms with van der Waals surface area (Å²) in [5, 5.41) is 8.28. The number of ether oxygens (including phenoxy) is 1. The van der Waals surface area contributed by atoms with E-state index in [1.807, 2.05) is 29.8 Å². The summed E-state index contributed by atoms with van der Waals surface area (Å²) in [7, 11) is 0. The van der Waals surface area contributed by atoms with E-state index in [9.17, 15) is 9.59 Å². The number of carbonyl (C=O) groups excluding carboxylic acids is 2. The molecule has 1 N–H and O–H groups in total. The summed E-state index contributed by atoms with van der Waals surface area (Å²) in [4.78, 5) is 26.3. The summed E-state index contributed by atoms with van der Waals surface area (Å²) < 4.78 is 7.29. The van der Waals surface area contributed by atoms with Crippen molar-refractivity contribution >= 4 is 11.9 Å². The van der Waals surface area contributed by atoms with Gasteiger partial charge in [0.25, 0.3) is 5.91 Å². The number of hydrogen-bond acceptors (Lipinski definition) is 4. The molecule has 0 spiro atoms. The first kappa shape index (κ1) is 23.1. The fourth-order valence-corrected chi connectivity index (χ4v) is 7.08. The lowest BCUT2D eigenvalue weighted by molar-refractivity contribution is -0.148. The van der Waals surface area contributed by atoms with E-state index in [1.54, 1.807) is 0 Å². The van der Waals surface area contributed by atoms with Crippen molar-refractivity contribution in [2.45, 2.75) is 78.8 Å². The Morgan fingerprint density at radius 1 is 1.18 bits per heavy atom. The van der Waals surface area contributed by atoms with Crippen LogP contribution in [0, 0.1) is 22.7 Å². The van der Waals surface area contributed by atoms with Crippen LogP contribution in [0.3, 0.4) is 0 Å². The summed E-state index contributed by atoms with van der Waals surface area (Å²) in [5.74, 6) is 0.168. The van der Waals surface area contributed by atoms with E-state index in [0.717, 1.165) is 36.1 Å². The number of hydrogen-bond donors (Lipinski definition) is 1. The van der Waals surface area contributed by atoms with Crippen LogP contribution in [0.1, 0.15) is 80.7 Å². The molecular weight excluding hydrogens is 426 g/mol. The van der Waals surface area contributed by atoms with Crippen LogP contribution in [0.2, 0.25) is 0 Å². The molecule has 2 saturated carbocycles. The van der Waals surface area contributed by atoms with Crippen LogP contribution < -0.4 is 5.32 Å². The highest BCUT2D eigenvalue weighted by molar-refractivity contribution is 5.94. The third-order valence-corrected chi connectivity index (χ3v) is 8.90. The number of benzene rings is 1. The highest BCUT2D eigenvalue weighted by atomic mass is 16.5. The monoisotopic (exact) mass is 463 g/mol. The lowest BCUT2D eigenvalue weighted by atomic mass is 9.68. The number of carbonyl (C=O) groups is 2. The lowest BCUT2D eigenvalue weighted by Crippen LogP contribution is -2.52. The minimum absolute atomic E-state index is 0.0722. The quantitative estimate of drug-likeness (QED) is 0.638. The van der Waals surface area contributed by atoms with E-state index in [0.29, 0.717) is 31.2 Å². The van der Waals surface area contributed by atoms with Crippen molar-refractivity contribution < 1.29 is 14.3 Å². The van der Waals surface area contributed by atoms with Crippen LogP contribution in [0.25, 0.3) is 0 Å². The first-order valence-corrected chi connectivity index (χ1v) is 12.8. The molecule has 34 heavy (non-hydrogen) atoms. The minimum Gasteiger partial charge on any atom is -0.466 e. The van der Waals surface area contributed by atoms with Gasteiger partial charge in [-0.25, -0.2) is 0 Å². The van der Waals surface area contributed by atoms with Gasteiger partial charge in [-0.15, -0.1) is 0 Å². The average molecular weight is 464 g/mol. The van der Waals surface area contributed by atoms with Gasteiger partial charge in [0.05, 0.1) is 19.1 Å². The molecule has 4 unspecified atom stereocenters. The summed E-state index contributed by atoms with van der Waals surface area (Å²) in [6.07, 6.45) is 5.55. The van der Waals surface area contributed by atoms with E-state index in [-0.39, 0.29) is 34.7 Å². The molecule has 2 aromatic rings. The molecule has 1 heterocycles. The number of aromatic nitrogens is 2. The molecule has 2 fully saturated rings. The number of nitrogens with zero attached hydrogens (tertiary/aromatic N) is 2. The molecule has 3 aliphatic rings.